The lowest BCUT2D eigenvalue weighted by Crippen LogP contribution is -2.26. The summed E-state index contributed by atoms with van der Waals surface area (Å²) in [7, 11) is 0. The molecule has 0 aliphatic rings. The third-order valence-corrected chi connectivity index (χ3v) is 4.27. The van der Waals surface area contributed by atoms with Gasteiger partial charge in [0, 0.05) is 24.3 Å². The number of hydrogen-bond donors (Lipinski definition) is 1. The molecular formula is C16H25NO2S. The maximum absolute atomic E-state index is 12.2. The molecule has 0 aliphatic carbocycles. The van der Waals surface area contributed by atoms with Crippen molar-refractivity contribution >= 4 is 23.0 Å². The van der Waals surface area contributed by atoms with Crippen LogP contribution in [0.3, 0.4) is 0 Å². The number of amides is 1. The number of hydrogen-bond acceptors (Lipinski definition) is 3. The third kappa shape index (κ3) is 5.87. The zero-order valence-electron chi connectivity index (χ0n) is 12.5. The molecule has 1 unspecified atom stereocenters. The largest absolute Gasteiger partial charge is 0.356 e. The highest BCUT2D eigenvalue weighted by Crippen LogP contribution is 2.26. The van der Waals surface area contributed by atoms with Crippen LogP contribution in [-0.2, 0) is 9.59 Å². The van der Waals surface area contributed by atoms with Gasteiger partial charge in [0.2, 0.25) is 5.91 Å². The van der Waals surface area contributed by atoms with Crippen molar-refractivity contribution < 1.29 is 9.59 Å². The smallest absolute Gasteiger partial charge is 0.219 e. The molecule has 0 bridgehead atoms. The normalized spacial score (nSPS) is 12.1. The molecule has 4 heteroatoms. The van der Waals surface area contributed by atoms with Gasteiger partial charge in [-0.3, -0.25) is 9.59 Å². The number of unbranched alkanes of at least 4 members (excludes halogenated alkanes) is 1. The molecule has 112 valence electrons. The van der Waals surface area contributed by atoms with Crippen molar-refractivity contribution in [1.82, 2.24) is 5.32 Å². The second-order valence-corrected chi connectivity index (χ2v) is 6.01. The molecule has 0 spiro atoms. The van der Waals surface area contributed by atoms with Gasteiger partial charge in [-0.05, 0) is 30.7 Å². The molecule has 1 atom stereocenters. The Labute approximate surface area is 125 Å². The van der Waals surface area contributed by atoms with Crippen molar-refractivity contribution in [3.8, 4) is 0 Å². The number of Topliss-reactive ketones (excluding diaryl/α,β-unsaturated/α-hetero) is 1. The zero-order chi connectivity index (χ0) is 14.8. The van der Waals surface area contributed by atoms with E-state index in [0.717, 1.165) is 24.1 Å². The lowest BCUT2D eigenvalue weighted by atomic mass is 9.95. The fraction of sp³-hybridized carbons (Fsp3) is 0.625. The Kier molecular flexibility index (Phi) is 8.19. The average Bonchev–Trinajstić information content (AvgIpc) is 2.95. The highest BCUT2D eigenvalue weighted by Gasteiger charge is 2.20. The van der Waals surface area contributed by atoms with Crippen molar-refractivity contribution in [1.29, 1.82) is 0 Å². The number of thiophene rings is 1. The Morgan fingerprint density at radius 2 is 2.05 bits per heavy atom. The summed E-state index contributed by atoms with van der Waals surface area (Å²) in [5.41, 5.74) is 0. The molecular weight excluding hydrogens is 270 g/mol. The highest BCUT2D eigenvalue weighted by molar-refractivity contribution is 7.10. The van der Waals surface area contributed by atoms with Crippen LogP contribution in [0.25, 0.3) is 0 Å². The Morgan fingerprint density at radius 1 is 1.25 bits per heavy atom. The van der Waals surface area contributed by atoms with Crippen molar-refractivity contribution in [2.75, 3.05) is 6.54 Å². The molecule has 1 rings (SSSR count). The Balaban J connectivity index is 2.45. The molecule has 0 aromatic carbocycles. The van der Waals surface area contributed by atoms with Crippen molar-refractivity contribution in [3.05, 3.63) is 22.4 Å². The molecule has 0 aliphatic heterocycles. The molecule has 1 amide bonds. The van der Waals surface area contributed by atoms with E-state index in [9.17, 15) is 9.59 Å². The number of carbonyl (C=O) groups is 2. The molecule has 3 nitrogen and oxygen atoms in total. The predicted molar refractivity (Wildman–Crippen MR) is 84.1 cm³/mol. The van der Waals surface area contributed by atoms with Gasteiger partial charge in [0.15, 0.2) is 0 Å². The number of ketones is 1. The summed E-state index contributed by atoms with van der Waals surface area (Å²) in [6, 6.07) is 3.99. The Bertz CT molecular complexity index is 401. The Hall–Kier alpha value is -1.16. The van der Waals surface area contributed by atoms with Gasteiger partial charge in [-0.1, -0.05) is 26.3 Å². The van der Waals surface area contributed by atoms with Crippen LogP contribution in [0.2, 0.25) is 0 Å². The van der Waals surface area contributed by atoms with E-state index in [2.05, 4.69) is 12.2 Å². The van der Waals surface area contributed by atoms with Crippen LogP contribution in [0.4, 0.5) is 0 Å². The van der Waals surface area contributed by atoms with E-state index in [4.69, 9.17) is 0 Å². The number of nitrogens with one attached hydrogen (secondary N) is 1. The summed E-state index contributed by atoms with van der Waals surface area (Å²) in [6.07, 6.45) is 4.74. The van der Waals surface area contributed by atoms with Gasteiger partial charge >= 0.3 is 0 Å². The fourth-order valence-electron chi connectivity index (χ4n) is 2.15. The molecule has 1 heterocycles. The van der Waals surface area contributed by atoms with E-state index in [1.165, 1.54) is 0 Å². The summed E-state index contributed by atoms with van der Waals surface area (Å²) >= 11 is 1.62. The van der Waals surface area contributed by atoms with Gasteiger partial charge in [-0.2, -0.15) is 0 Å². The molecule has 1 aromatic rings. The van der Waals surface area contributed by atoms with Crippen LogP contribution in [0.15, 0.2) is 17.5 Å². The van der Waals surface area contributed by atoms with E-state index in [-0.39, 0.29) is 17.6 Å². The van der Waals surface area contributed by atoms with Gasteiger partial charge < -0.3 is 5.32 Å². The quantitative estimate of drug-likeness (QED) is 0.711. The van der Waals surface area contributed by atoms with Gasteiger partial charge in [0.1, 0.15) is 5.78 Å². The molecule has 0 saturated heterocycles. The first-order valence-electron chi connectivity index (χ1n) is 7.51. The van der Waals surface area contributed by atoms with Crippen LogP contribution in [-0.4, -0.2) is 18.2 Å². The van der Waals surface area contributed by atoms with E-state index in [1.807, 2.05) is 24.4 Å². The lowest BCUT2D eigenvalue weighted by Gasteiger charge is -2.14. The minimum Gasteiger partial charge on any atom is -0.356 e. The summed E-state index contributed by atoms with van der Waals surface area (Å²) in [5.74, 6) is 0.332. The van der Waals surface area contributed by atoms with Crippen LogP contribution in [0.5, 0.6) is 0 Å². The number of rotatable bonds is 10. The topological polar surface area (TPSA) is 46.2 Å². The summed E-state index contributed by atoms with van der Waals surface area (Å²) in [4.78, 5) is 24.9. The van der Waals surface area contributed by atoms with Crippen molar-refractivity contribution in [2.45, 2.75) is 58.3 Å². The monoisotopic (exact) mass is 295 g/mol. The number of carbonyl (C=O) groups excluding carboxylic acids is 2. The fourth-order valence-corrected chi connectivity index (χ4v) is 3.04. The van der Waals surface area contributed by atoms with E-state index >= 15 is 0 Å². The minimum atomic E-state index is -0.0542. The van der Waals surface area contributed by atoms with Crippen LogP contribution in [0.1, 0.15) is 63.2 Å². The molecule has 20 heavy (non-hydrogen) atoms. The molecule has 0 fully saturated rings. The van der Waals surface area contributed by atoms with E-state index in [0.29, 0.717) is 25.8 Å². The van der Waals surface area contributed by atoms with Gasteiger partial charge in [-0.15, -0.1) is 11.3 Å². The summed E-state index contributed by atoms with van der Waals surface area (Å²) < 4.78 is 0. The molecule has 0 saturated carbocycles. The molecule has 0 radical (unpaired) electrons. The van der Waals surface area contributed by atoms with Crippen LogP contribution >= 0.6 is 11.3 Å². The first-order chi connectivity index (χ1) is 9.69. The SMILES string of the molecule is CCCCC(=O)NCCC(C(=O)CCC)c1cccs1. The van der Waals surface area contributed by atoms with Crippen molar-refractivity contribution in [2.24, 2.45) is 0 Å². The first kappa shape index (κ1) is 16.9. The summed E-state index contributed by atoms with van der Waals surface area (Å²) in [6.45, 7) is 4.68. The second kappa shape index (κ2) is 9.70. The lowest BCUT2D eigenvalue weighted by molar-refractivity contribution is -0.122. The van der Waals surface area contributed by atoms with Crippen molar-refractivity contribution in [3.63, 3.8) is 0 Å². The minimum absolute atomic E-state index is 0.0542. The zero-order valence-corrected chi connectivity index (χ0v) is 13.3. The maximum Gasteiger partial charge on any atom is 0.219 e. The predicted octanol–water partition coefficient (Wildman–Crippen LogP) is 3.90. The maximum atomic E-state index is 12.2. The van der Waals surface area contributed by atoms with E-state index < -0.39 is 0 Å². The molecule has 1 aromatic heterocycles. The first-order valence-corrected chi connectivity index (χ1v) is 8.39. The Morgan fingerprint density at radius 3 is 2.65 bits per heavy atom. The van der Waals surface area contributed by atoms with Crippen LogP contribution in [0, 0.1) is 0 Å². The highest BCUT2D eigenvalue weighted by atomic mass is 32.1. The molecule has 1 N–H and O–H groups in total. The van der Waals surface area contributed by atoms with Crippen LogP contribution < -0.4 is 5.32 Å². The van der Waals surface area contributed by atoms with Gasteiger partial charge in [-0.25, -0.2) is 0 Å². The standard InChI is InChI=1S/C16H25NO2S/c1-3-5-9-16(19)17-11-10-13(14(18)7-4-2)15-8-6-12-20-15/h6,8,12-13H,3-5,7,9-11H2,1-2H3,(H,17,19). The second-order valence-electron chi connectivity index (χ2n) is 5.03. The average molecular weight is 295 g/mol. The van der Waals surface area contributed by atoms with Gasteiger partial charge in [0.25, 0.3) is 0 Å². The third-order valence-electron chi connectivity index (χ3n) is 3.28. The summed E-state index contributed by atoms with van der Waals surface area (Å²) in [5, 5.41) is 4.92. The van der Waals surface area contributed by atoms with E-state index in [1.54, 1.807) is 11.3 Å². The van der Waals surface area contributed by atoms with Gasteiger partial charge in [0.05, 0.1) is 5.92 Å².